The number of carbonyl (C=O) groups is 2. The Balaban J connectivity index is 3.07. The van der Waals surface area contributed by atoms with Gasteiger partial charge < -0.3 is 20.5 Å². The Kier molecular flexibility index (Phi) is 5.75. The van der Waals surface area contributed by atoms with Crippen molar-refractivity contribution in [2.75, 3.05) is 6.61 Å². The van der Waals surface area contributed by atoms with Gasteiger partial charge in [-0.05, 0) is 32.3 Å². The van der Waals surface area contributed by atoms with Gasteiger partial charge in [0.1, 0.15) is 0 Å². The van der Waals surface area contributed by atoms with E-state index < -0.39 is 36.9 Å². The van der Waals surface area contributed by atoms with Gasteiger partial charge >= 0.3 is 5.97 Å². The van der Waals surface area contributed by atoms with Gasteiger partial charge in [-0.2, -0.15) is 0 Å². The van der Waals surface area contributed by atoms with Crippen molar-refractivity contribution in [3.63, 3.8) is 0 Å². The zero-order valence-corrected chi connectivity index (χ0v) is 13.4. The molecular formula is C16H28N2O4. The molecule has 0 spiro atoms. The maximum absolute atomic E-state index is 12.0. The second-order valence-electron chi connectivity index (χ2n) is 5.32. The molecule has 22 heavy (non-hydrogen) atoms. The van der Waals surface area contributed by atoms with E-state index in [2.05, 4.69) is 5.32 Å². The third-order valence-electron chi connectivity index (χ3n) is 3.73. The van der Waals surface area contributed by atoms with Crippen molar-refractivity contribution in [3.05, 3.63) is 11.6 Å². The van der Waals surface area contributed by atoms with Crippen LogP contribution in [0.3, 0.4) is 0 Å². The van der Waals surface area contributed by atoms with Gasteiger partial charge in [-0.3, -0.25) is 4.79 Å². The second kappa shape index (κ2) is 8.90. The average Bonchev–Trinajstić information content (AvgIpc) is 2.54. The van der Waals surface area contributed by atoms with Crippen molar-refractivity contribution < 1.29 is 23.2 Å². The Morgan fingerprint density at radius 1 is 1.45 bits per heavy atom. The van der Waals surface area contributed by atoms with E-state index in [4.69, 9.17) is 19.3 Å². The molecular weight excluding hydrogens is 284 g/mol. The molecule has 0 saturated carbocycles. The number of carbonyl (C=O) groups excluding carboxylic acids is 2. The molecule has 1 aliphatic carbocycles. The molecule has 0 bridgehead atoms. The molecule has 0 saturated heterocycles. The summed E-state index contributed by atoms with van der Waals surface area (Å²) in [6.45, 7) is 3.09. The third kappa shape index (κ3) is 5.10. The van der Waals surface area contributed by atoms with Gasteiger partial charge in [0, 0.05) is 22.6 Å². The molecule has 6 nitrogen and oxygen atoms in total. The average molecular weight is 315 g/mol. The van der Waals surface area contributed by atoms with E-state index in [1.165, 1.54) is 0 Å². The lowest BCUT2D eigenvalue weighted by atomic mass is 9.88. The Morgan fingerprint density at radius 2 is 2.14 bits per heavy atom. The molecule has 1 amide bonds. The highest BCUT2D eigenvalue weighted by Crippen LogP contribution is 2.24. The number of esters is 1. The first kappa shape index (κ1) is 14.2. The van der Waals surface area contributed by atoms with E-state index >= 15 is 0 Å². The predicted octanol–water partition coefficient (Wildman–Crippen LogP) is 1.29. The Hall–Kier alpha value is -1.40. The fourth-order valence-corrected chi connectivity index (χ4v) is 2.54. The fraction of sp³-hybridized carbons (Fsp3) is 0.750. The zero-order chi connectivity index (χ0) is 19.2. The molecule has 1 rings (SSSR count). The van der Waals surface area contributed by atoms with Crippen molar-refractivity contribution in [2.24, 2.45) is 5.73 Å². The maximum Gasteiger partial charge on any atom is 0.333 e. The van der Waals surface area contributed by atoms with Crippen LogP contribution in [0.4, 0.5) is 0 Å². The summed E-state index contributed by atoms with van der Waals surface area (Å²) >= 11 is 0. The normalized spacial score (nSPS) is 27.4. The molecule has 3 atom stereocenters. The Morgan fingerprint density at radius 3 is 2.68 bits per heavy atom. The lowest BCUT2D eigenvalue weighted by Crippen LogP contribution is -2.57. The number of ether oxygens (including phenoxy) is 2. The monoisotopic (exact) mass is 315 g/mol. The summed E-state index contributed by atoms with van der Waals surface area (Å²) in [5.41, 5.74) is 6.50. The van der Waals surface area contributed by atoms with Crippen LogP contribution in [0.5, 0.6) is 0 Å². The molecule has 0 aromatic heterocycles. The lowest BCUT2D eigenvalue weighted by molar-refractivity contribution is -0.139. The second-order valence-corrected chi connectivity index (χ2v) is 5.32. The van der Waals surface area contributed by atoms with Crippen LogP contribution in [0.25, 0.3) is 0 Å². The number of nitrogens with two attached hydrogens (primary N) is 1. The highest BCUT2D eigenvalue weighted by Gasteiger charge is 2.35. The van der Waals surface area contributed by atoms with Crippen molar-refractivity contribution in [2.45, 2.75) is 71.2 Å². The summed E-state index contributed by atoms with van der Waals surface area (Å²) in [6.07, 6.45) is 2.45. The van der Waals surface area contributed by atoms with E-state index in [0.29, 0.717) is 5.57 Å². The summed E-state index contributed by atoms with van der Waals surface area (Å²) in [7, 11) is 0. The molecule has 0 heterocycles. The minimum Gasteiger partial charge on any atom is -0.463 e. The van der Waals surface area contributed by atoms with Crippen LogP contribution in [-0.4, -0.2) is 42.8 Å². The molecule has 0 aromatic carbocycles. The third-order valence-corrected chi connectivity index (χ3v) is 3.73. The molecule has 1 aliphatic rings. The molecule has 126 valence electrons. The van der Waals surface area contributed by atoms with E-state index in [1.54, 1.807) is 13.0 Å². The Bertz CT molecular complexity index is 504. The summed E-state index contributed by atoms with van der Waals surface area (Å²) in [6, 6.07) is -1.39. The zero-order valence-electron chi connectivity index (χ0n) is 16.4. The van der Waals surface area contributed by atoms with Crippen LogP contribution >= 0.6 is 0 Å². The topological polar surface area (TPSA) is 90.7 Å². The minimum absolute atomic E-state index is 0.0952. The highest BCUT2D eigenvalue weighted by atomic mass is 16.5. The first-order chi connectivity index (χ1) is 11.6. The van der Waals surface area contributed by atoms with Gasteiger partial charge in [0.05, 0.1) is 24.9 Å². The Labute approximate surface area is 136 Å². The number of rotatable bonds is 7. The van der Waals surface area contributed by atoms with E-state index in [0.717, 1.165) is 12.8 Å². The molecule has 0 radical (unpaired) electrons. The van der Waals surface area contributed by atoms with Crippen molar-refractivity contribution in [1.29, 1.82) is 0 Å². The molecule has 0 aliphatic heterocycles. The molecule has 0 aromatic rings. The van der Waals surface area contributed by atoms with Gasteiger partial charge in [-0.15, -0.1) is 0 Å². The van der Waals surface area contributed by atoms with Gasteiger partial charge in [-0.1, -0.05) is 13.8 Å². The van der Waals surface area contributed by atoms with Gasteiger partial charge in [-0.25, -0.2) is 4.79 Å². The summed E-state index contributed by atoms with van der Waals surface area (Å²) in [5, 5.41) is 2.46. The summed E-state index contributed by atoms with van der Waals surface area (Å²) in [4.78, 5) is 23.9. The van der Waals surface area contributed by atoms with Crippen LogP contribution in [-0.2, 0) is 19.1 Å². The van der Waals surface area contributed by atoms with E-state index in [1.807, 2.05) is 13.8 Å². The van der Waals surface area contributed by atoms with Crippen LogP contribution in [0, 0.1) is 0 Å². The highest BCUT2D eigenvalue weighted by molar-refractivity contribution is 5.89. The van der Waals surface area contributed by atoms with E-state index in [-0.39, 0.29) is 19.1 Å². The van der Waals surface area contributed by atoms with Gasteiger partial charge in [0.15, 0.2) is 0 Å². The minimum atomic E-state index is -2.77. The summed E-state index contributed by atoms with van der Waals surface area (Å²) in [5.74, 6) is -1.56. The molecule has 0 fully saturated rings. The van der Waals surface area contributed by atoms with Crippen LogP contribution in [0.1, 0.15) is 51.0 Å². The van der Waals surface area contributed by atoms with Gasteiger partial charge in [0.25, 0.3) is 0 Å². The number of hydrogen-bond donors (Lipinski definition) is 2. The smallest absolute Gasteiger partial charge is 0.333 e. The number of hydrogen-bond acceptors (Lipinski definition) is 5. The van der Waals surface area contributed by atoms with E-state index in [9.17, 15) is 9.59 Å². The molecule has 6 heteroatoms. The van der Waals surface area contributed by atoms with Crippen molar-refractivity contribution >= 4 is 11.9 Å². The first-order valence-corrected chi connectivity index (χ1v) is 7.73. The SMILES string of the molecule is [2H]C([2H])([2H])C(=O)NC1C(N)CC(C(=O)OCC)=CC1OC(CC)CC. The first-order valence-electron chi connectivity index (χ1n) is 9.23. The fourth-order valence-electron chi connectivity index (χ4n) is 2.54. The number of nitrogens with one attached hydrogen (secondary N) is 1. The van der Waals surface area contributed by atoms with Crippen molar-refractivity contribution in [3.8, 4) is 0 Å². The maximum atomic E-state index is 12.0. The summed E-state index contributed by atoms with van der Waals surface area (Å²) < 4.78 is 32.6. The van der Waals surface area contributed by atoms with Crippen LogP contribution < -0.4 is 11.1 Å². The van der Waals surface area contributed by atoms with Crippen LogP contribution in [0.2, 0.25) is 0 Å². The lowest BCUT2D eigenvalue weighted by Gasteiger charge is -2.36. The molecule has 3 unspecified atom stereocenters. The largest absolute Gasteiger partial charge is 0.463 e. The van der Waals surface area contributed by atoms with Crippen molar-refractivity contribution in [1.82, 2.24) is 5.32 Å². The quantitative estimate of drug-likeness (QED) is 0.691. The van der Waals surface area contributed by atoms with Crippen LogP contribution in [0.15, 0.2) is 11.6 Å². The standard InChI is InChI=1S/C16H28N2O4/c1-5-12(6-2)22-14-9-11(16(20)21-7-3)8-13(17)15(14)18-10(4)19/h9,12-15H,5-8,17H2,1-4H3,(H,18,19)/i4D3. The predicted molar refractivity (Wildman–Crippen MR) is 84.2 cm³/mol. The van der Waals surface area contributed by atoms with Gasteiger partial charge in [0.2, 0.25) is 5.91 Å². The molecule has 3 N–H and O–H groups in total. The number of amides is 1.